The van der Waals surface area contributed by atoms with Crippen LogP contribution in [0.4, 0.5) is 5.69 Å². The number of hydrogen-bond donors (Lipinski definition) is 0. The van der Waals surface area contributed by atoms with E-state index in [0.29, 0.717) is 23.5 Å². The van der Waals surface area contributed by atoms with E-state index in [0.717, 1.165) is 22.9 Å². The van der Waals surface area contributed by atoms with Crippen LogP contribution >= 0.6 is 15.9 Å². The van der Waals surface area contributed by atoms with Crippen LogP contribution in [0.15, 0.2) is 46.9 Å². The minimum atomic E-state index is -0.465. The molecule has 2 aromatic carbocycles. The largest absolute Gasteiger partial charge is 0.493 e. The average molecular weight is 401 g/mol. The van der Waals surface area contributed by atoms with Crippen molar-refractivity contribution in [3.8, 4) is 11.8 Å². The summed E-state index contributed by atoms with van der Waals surface area (Å²) in [6.07, 6.45) is 3.72. The van der Waals surface area contributed by atoms with Crippen molar-refractivity contribution in [3.05, 3.63) is 68.2 Å². The molecule has 0 unspecified atom stereocenters. The SMILES string of the molecule is CCCCOc1ccc(Br)cc1/C=C(\C#N)c1ccc([N+](=O)[O-])cc1. The molecule has 0 spiro atoms. The molecule has 5 nitrogen and oxygen atoms in total. The number of nitriles is 1. The Morgan fingerprint density at radius 1 is 1.32 bits per heavy atom. The number of halogens is 1. The highest BCUT2D eigenvalue weighted by molar-refractivity contribution is 9.10. The lowest BCUT2D eigenvalue weighted by Crippen LogP contribution is -1.98. The van der Waals surface area contributed by atoms with Crippen molar-refractivity contribution in [1.29, 1.82) is 5.26 Å². The highest BCUT2D eigenvalue weighted by Gasteiger charge is 2.09. The van der Waals surface area contributed by atoms with E-state index < -0.39 is 4.92 Å². The second kappa shape index (κ2) is 9.00. The van der Waals surface area contributed by atoms with Gasteiger partial charge in [-0.05, 0) is 48.4 Å². The molecule has 0 N–H and O–H groups in total. The van der Waals surface area contributed by atoms with E-state index in [9.17, 15) is 15.4 Å². The second-order valence-electron chi connectivity index (χ2n) is 5.36. The number of nitro benzene ring substituents is 1. The van der Waals surface area contributed by atoms with Gasteiger partial charge in [0.15, 0.2) is 0 Å². The summed E-state index contributed by atoms with van der Waals surface area (Å²) in [5.41, 5.74) is 1.80. The molecular weight excluding hydrogens is 384 g/mol. The van der Waals surface area contributed by atoms with Gasteiger partial charge in [0.1, 0.15) is 5.75 Å². The number of rotatable bonds is 7. The van der Waals surface area contributed by atoms with Gasteiger partial charge in [0.2, 0.25) is 0 Å². The van der Waals surface area contributed by atoms with E-state index in [1.165, 1.54) is 12.1 Å². The summed E-state index contributed by atoms with van der Waals surface area (Å²) < 4.78 is 6.68. The average Bonchev–Trinajstić information content (AvgIpc) is 2.61. The van der Waals surface area contributed by atoms with Crippen molar-refractivity contribution in [3.63, 3.8) is 0 Å². The summed E-state index contributed by atoms with van der Waals surface area (Å²) in [7, 11) is 0. The number of nitro groups is 1. The highest BCUT2D eigenvalue weighted by atomic mass is 79.9. The molecule has 0 bridgehead atoms. The molecular formula is C19H17BrN2O3. The van der Waals surface area contributed by atoms with Crippen LogP contribution in [0, 0.1) is 21.4 Å². The van der Waals surface area contributed by atoms with Crippen molar-refractivity contribution in [2.75, 3.05) is 6.61 Å². The van der Waals surface area contributed by atoms with Gasteiger partial charge in [0.05, 0.1) is 23.2 Å². The van der Waals surface area contributed by atoms with Gasteiger partial charge in [-0.3, -0.25) is 10.1 Å². The number of benzene rings is 2. The predicted molar refractivity (Wildman–Crippen MR) is 101 cm³/mol. The molecule has 0 saturated carbocycles. The fraction of sp³-hybridized carbons (Fsp3) is 0.211. The van der Waals surface area contributed by atoms with E-state index in [2.05, 4.69) is 28.9 Å². The number of hydrogen-bond acceptors (Lipinski definition) is 4. The van der Waals surface area contributed by atoms with E-state index in [1.807, 2.05) is 18.2 Å². The minimum absolute atomic E-state index is 0.00733. The third kappa shape index (κ3) is 5.16. The molecule has 0 amide bonds. The number of ether oxygens (including phenoxy) is 1. The molecule has 128 valence electrons. The zero-order valence-electron chi connectivity index (χ0n) is 13.7. The monoisotopic (exact) mass is 400 g/mol. The molecule has 0 aliphatic carbocycles. The Labute approximate surface area is 154 Å². The summed E-state index contributed by atoms with van der Waals surface area (Å²) >= 11 is 3.43. The Hall–Kier alpha value is -2.65. The number of non-ortho nitro benzene ring substituents is 1. The molecule has 0 aliphatic heterocycles. The van der Waals surface area contributed by atoms with E-state index in [1.54, 1.807) is 18.2 Å². The van der Waals surface area contributed by atoms with Crippen molar-refractivity contribution in [1.82, 2.24) is 0 Å². The zero-order valence-corrected chi connectivity index (χ0v) is 15.3. The van der Waals surface area contributed by atoms with E-state index in [-0.39, 0.29) is 5.69 Å². The second-order valence-corrected chi connectivity index (χ2v) is 6.27. The van der Waals surface area contributed by atoms with Crippen LogP contribution in [0.25, 0.3) is 11.6 Å². The zero-order chi connectivity index (χ0) is 18.2. The van der Waals surface area contributed by atoms with Crippen LogP contribution in [0.5, 0.6) is 5.75 Å². The van der Waals surface area contributed by atoms with Crippen molar-refractivity contribution in [2.45, 2.75) is 19.8 Å². The molecule has 0 aliphatic rings. The van der Waals surface area contributed by atoms with Gasteiger partial charge in [0, 0.05) is 22.2 Å². The molecule has 0 saturated heterocycles. The maximum atomic E-state index is 10.8. The van der Waals surface area contributed by atoms with Crippen LogP contribution in [0.2, 0.25) is 0 Å². The van der Waals surface area contributed by atoms with Gasteiger partial charge < -0.3 is 4.74 Å². The van der Waals surface area contributed by atoms with Crippen molar-refractivity contribution in [2.24, 2.45) is 0 Å². The molecule has 2 rings (SSSR count). The van der Waals surface area contributed by atoms with E-state index >= 15 is 0 Å². The topological polar surface area (TPSA) is 76.2 Å². The third-order valence-corrected chi connectivity index (χ3v) is 4.03. The van der Waals surface area contributed by atoms with Crippen molar-refractivity contribution < 1.29 is 9.66 Å². The fourth-order valence-corrected chi connectivity index (χ4v) is 2.57. The molecule has 6 heteroatoms. The third-order valence-electron chi connectivity index (χ3n) is 3.54. The predicted octanol–water partition coefficient (Wildman–Crippen LogP) is 5.60. The van der Waals surface area contributed by atoms with Gasteiger partial charge in [0.25, 0.3) is 5.69 Å². The molecule has 0 atom stereocenters. The molecule has 0 aromatic heterocycles. The van der Waals surface area contributed by atoms with Gasteiger partial charge in [-0.25, -0.2) is 0 Å². The first-order valence-corrected chi connectivity index (χ1v) is 8.63. The van der Waals surface area contributed by atoms with Crippen LogP contribution in [0.1, 0.15) is 30.9 Å². The van der Waals surface area contributed by atoms with Crippen LogP contribution in [-0.2, 0) is 0 Å². The number of nitrogens with zero attached hydrogens (tertiary/aromatic N) is 2. The van der Waals surface area contributed by atoms with Gasteiger partial charge in [-0.2, -0.15) is 5.26 Å². The Balaban J connectivity index is 2.36. The molecule has 0 heterocycles. The quantitative estimate of drug-likeness (QED) is 0.199. The summed E-state index contributed by atoms with van der Waals surface area (Å²) in [6.45, 7) is 2.70. The summed E-state index contributed by atoms with van der Waals surface area (Å²) in [5, 5.41) is 20.2. The Kier molecular flexibility index (Phi) is 6.72. The maximum absolute atomic E-state index is 10.8. The van der Waals surface area contributed by atoms with Crippen molar-refractivity contribution >= 4 is 33.3 Å². The smallest absolute Gasteiger partial charge is 0.269 e. The van der Waals surface area contributed by atoms with Gasteiger partial charge >= 0.3 is 0 Å². The standard InChI is InChI=1S/C19H17BrN2O3/c1-2-3-10-25-19-9-6-17(20)12-15(19)11-16(13-21)14-4-7-18(8-5-14)22(23)24/h4-9,11-12H,2-3,10H2,1H3/b16-11+. The Morgan fingerprint density at radius 2 is 2.04 bits per heavy atom. The lowest BCUT2D eigenvalue weighted by Gasteiger charge is -2.10. The van der Waals surface area contributed by atoms with Crippen LogP contribution in [-0.4, -0.2) is 11.5 Å². The maximum Gasteiger partial charge on any atom is 0.269 e. The lowest BCUT2D eigenvalue weighted by molar-refractivity contribution is -0.384. The molecule has 25 heavy (non-hydrogen) atoms. The Bertz CT molecular complexity index is 824. The van der Waals surface area contributed by atoms with Crippen LogP contribution < -0.4 is 4.74 Å². The Morgan fingerprint density at radius 3 is 2.64 bits per heavy atom. The van der Waals surface area contributed by atoms with E-state index in [4.69, 9.17) is 4.74 Å². The van der Waals surface area contributed by atoms with Crippen LogP contribution in [0.3, 0.4) is 0 Å². The first-order chi connectivity index (χ1) is 12.0. The minimum Gasteiger partial charge on any atom is -0.493 e. The molecule has 0 fully saturated rings. The number of allylic oxidation sites excluding steroid dienone is 1. The summed E-state index contributed by atoms with van der Waals surface area (Å²) in [5.74, 6) is 0.700. The van der Waals surface area contributed by atoms with Gasteiger partial charge in [-0.1, -0.05) is 29.3 Å². The first kappa shape index (κ1) is 18.7. The fourth-order valence-electron chi connectivity index (χ4n) is 2.19. The molecule has 2 aromatic rings. The summed E-state index contributed by atoms with van der Waals surface area (Å²) in [6, 6.07) is 13.7. The summed E-state index contributed by atoms with van der Waals surface area (Å²) in [4.78, 5) is 10.3. The molecule has 0 radical (unpaired) electrons. The van der Waals surface area contributed by atoms with Gasteiger partial charge in [-0.15, -0.1) is 0 Å². The normalized spacial score (nSPS) is 11.0. The lowest BCUT2D eigenvalue weighted by atomic mass is 10.0. The first-order valence-electron chi connectivity index (χ1n) is 7.84. The highest BCUT2D eigenvalue weighted by Crippen LogP contribution is 2.28. The number of unbranched alkanes of at least 4 members (excludes halogenated alkanes) is 1.